The number of benzene rings is 2. The van der Waals surface area contributed by atoms with Crippen LogP contribution in [0.1, 0.15) is 16.7 Å². The van der Waals surface area contributed by atoms with Crippen molar-refractivity contribution in [3.05, 3.63) is 53.1 Å². The van der Waals surface area contributed by atoms with Crippen LogP contribution in [0.5, 0.6) is 5.75 Å². The molecule has 0 bridgehead atoms. The average Bonchev–Trinajstić information content (AvgIpc) is 2.37. The Kier molecular flexibility index (Phi) is 4.23. The van der Waals surface area contributed by atoms with Crippen molar-refractivity contribution in [3.63, 3.8) is 0 Å². The van der Waals surface area contributed by atoms with Gasteiger partial charge in [-0.05, 0) is 42.2 Å². The van der Waals surface area contributed by atoms with Crippen LogP contribution in [-0.4, -0.2) is 11.5 Å². The first-order valence-corrected chi connectivity index (χ1v) is 6.38. The zero-order chi connectivity index (χ0) is 15.6. The summed E-state index contributed by atoms with van der Waals surface area (Å²) in [5, 5.41) is 9.29. The van der Waals surface area contributed by atoms with Gasteiger partial charge in [0.2, 0.25) is 0 Å². The Labute approximate surface area is 120 Å². The molecule has 112 valence electrons. The van der Waals surface area contributed by atoms with Gasteiger partial charge in [-0.1, -0.05) is 30.3 Å². The zero-order valence-electron chi connectivity index (χ0n) is 11.7. The van der Waals surface area contributed by atoms with E-state index in [4.69, 9.17) is 0 Å². The number of aliphatic hydroxyl groups is 1. The summed E-state index contributed by atoms with van der Waals surface area (Å²) in [6, 6.07) is 9.51. The van der Waals surface area contributed by atoms with Crippen molar-refractivity contribution in [1.82, 2.24) is 0 Å². The summed E-state index contributed by atoms with van der Waals surface area (Å²) < 4.78 is 41.5. The molecule has 0 saturated heterocycles. The Hall–Kier alpha value is -2.01. The number of ether oxygens (including phenoxy) is 1. The molecule has 21 heavy (non-hydrogen) atoms. The highest BCUT2D eigenvalue weighted by atomic mass is 19.4. The average molecular weight is 296 g/mol. The van der Waals surface area contributed by atoms with Crippen molar-refractivity contribution < 1.29 is 23.0 Å². The third kappa shape index (κ3) is 3.55. The van der Waals surface area contributed by atoms with Crippen molar-refractivity contribution in [2.24, 2.45) is 0 Å². The van der Waals surface area contributed by atoms with Gasteiger partial charge in [-0.3, -0.25) is 0 Å². The van der Waals surface area contributed by atoms with Gasteiger partial charge >= 0.3 is 6.36 Å². The third-order valence-corrected chi connectivity index (χ3v) is 3.28. The molecule has 0 aliphatic heterocycles. The largest absolute Gasteiger partial charge is 0.573 e. The Bertz CT molecular complexity index is 625. The summed E-state index contributed by atoms with van der Waals surface area (Å²) in [5.74, 6) is -0.236. The lowest BCUT2D eigenvalue weighted by Crippen LogP contribution is -2.17. The summed E-state index contributed by atoms with van der Waals surface area (Å²) in [6.07, 6.45) is -4.73. The highest BCUT2D eigenvalue weighted by Crippen LogP contribution is 2.35. The van der Waals surface area contributed by atoms with Gasteiger partial charge in [0, 0.05) is 5.56 Å². The van der Waals surface area contributed by atoms with E-state index in [1.165, 1.54) is 12.1 Å². The lowest BCUT2D eigenvalue weighted by atomic mass is 9.95. The summed E-state index contributed by atoms with van der Waals surface area (Å²) in [4.78, 5) is 0. The molecule has 0 aliphatic rings. The van der Waals surface area contributed by atoms with E-state index in [-0.39, 0.29) is 12.4 Å². The molecule has 0 amide bonds. The molecule has 2 aromatic rings. The Balaban J connectivity index is 2.52. The van der Waals surface area contributed by atoms with Crippen molar-refractivity contribution in [1.29, 1.82) is 0 Å². The third-order valence-electron chi connectivity index (χ3n) is 3.28. The van der Waals surface area contributed by atoms with Gasteiger partial charge in [-0.2, -0.15) is 0 Å². The molecule has 0 aliphatic carbocycles. The maximum absolute atomic E-state index is 12.5. The number of alkyl halides is 3. The van der Waals surface area contributed by atoms with E-state index in [2.05, 4.69) is 4.74 Å². The van der Waals surface area contributed by atoms with E-state index in [1.807, 2.05) is 13.8 Å². The van der Waals surface area contributed by atoms with Crippen molar-refractivity contribution in [3.8, 4) is 16.9 Å². The predicted molar refractivity (Wildman–Crippen MR) is 74.0 cm³/mol. The maximum Gasteiger partial charge on any atom is 0.573 e. The molecule has 1 N–H and O–H groups in total. The molecule has 0 atom stereocenters. The predicted octanol–water partition coefficient (Wildman–Crippen LogP) is 4.36. The molecule has 0 spiro atoms. The van der Waals surface area contributed by atoms with Gasteiger partial charge in [-0.25, -0.2) is 0 Å². The molecular weight excluding hydrogens is 281 g/mol. The SMILES string of the molecule is Cc1cc(-c2ccccc2OC(F)(F)F)cc(C)c1CO. The van der Waals surface area contributed by atoms with Crippen LogP contribution in [0, 0.1) is 13.8 Å². The number of aryl methyl sites for hydroxylation is 2. The van der Waals surface area contributed by atoms with Crippen LogP contribution in [0.4, 0.5) is 13.2 Å². The lowest BCUT2D eigenvalue weighted by molar-refractivity contribution is -0.274. The second-order valence-electron chi connectivity index (χ2n) is 4.79. The van der Waals surface area contributed by atoms with Crippen LogP contribution in [0.3, 0.4) is 0 Å². The Morgan fingerprint density at radius 1 is 1.05 bits per heavy atom. The second kappa shape index (κ2) is 5.77. The molecular formula is C16H15F3O2. The van der Waals surface area contributed by atoms with E-state index in [0.717, 1.165) is 16.7 Å². The van der Waals surface area contributed by atoms with E-state index in [0.29, 0.717) is 11.1 Å². The highest BCUT2D eigenvalue weighted by molar-refractivity contribution is 5.72. The number of hydrogen-bond donors (Lipinski definition) is 1. The Morgan fingerprint density at radius 2 is 1.62 bits per heavy atom. The van der Waals surface area contributed by atoms with Crippen molar-refractivity contribution >= 4 is 0 Å². The van der Waals surface area contributed by atoms with Crippen molar-refractivity contribution in [2.45, 2.75) is 26.8 Å². The minimum absolute atomic E-state index is 0.0986. The smallest absolute Gasteiger partial charge is 0.405 e. The summed E-state index contributed by atoms with van der Waals surface area (Å²) in [5.41, 5.74) is 3.43. The minimum atomic E-state index is -4.73. The van der Waals surface area contributed by atoms with Gasteiger partial charge in [0.15, 0.2) is 0 Å². The molecule has 0 unspecified atom stereocenters. The first kappa shape index (κ1) is 15.4. The van der Waals surface area contributed by atoms with Gasteiger partial charge in [0.05, 0.1) is 6.61 Å². The minimum Gasteiger partial charge on any atom is -0.405 e. The molecule has 2 nitrogen and oxygen atoms in total. The quantitative estimate of drug-likeness (QED) is 0.911. The Morgan fingerprint density at radius 3 is 2.14 bits per heavy atom. The zero-order valence-corrected chi connectivity index (χ0v) is 11.7. The van der Waals surface area contributed by atoms with Gasteiger partial charge < -0.3 is 9.84 Å². The van der Waals surface area contributed by atoms with E-state index >= 15 is 0 Å². The molecule has 0 heterocycles. The van der Waals surface area contributed by atoms with Crippen LogP contribution in [0.25, 0.3) is 11.1 Å². The standard InChI is InChI=1S/C16H15F3O2/c1-10-7-12(8-11(2)14(10)9-20)13-5-3-4-6-15(13)21-16(17,18)19/h3-8,20H,9H2,1-2H3. The monoisotopic (exact) mass is 296 g/mol. The van der Waals surface area contributed by atoms with Gasteiger partial charge in [0.1, 0.15) is 5.75 Å². The summed E-state index contributed by atoms with van der Waals surface area (Å²) in [6.45, 7) is 3.53. The van der Waals surface area contributed by atoms with Crippen LogP contribution in [-0.2, 0) is 6.61 Å². The number of hydrogen-bond acceptors (Lipinski definition) is 2. The molecule has 0 aromatic heterocycles. The first-order valence-electron chi connectivity index (χ1n) is 6.38. The number of halogens is 3. The molecule has 0 saturated carbocycles. The number of aliphatic hydroxyl groups excluding tert-OH is 1. The van der Waals surface area contributed by atoms with Gasteiger partial charge in [0.25, 0.3) is 0 Å². The van der Waals surface area contributed by atoms with Gasteiger partial charge in [-0.15, -0.1) is 13.2 Å². The fourth-order valence-electron chi connectivity index (χ4n) is 2.32. The van der Waals surface area contributed by atoms with E-state index in [9.17, 15) is 18.3 Å². The van der Waals surface area contributed by atoms with Crippen LogP contribution < -0.4 is 4.74 Å². The second-order valence-corrected chi connectivity index (χ2v) is 4.79. The summed E-state index contributed by atoms with van der Waals surface area (Å²) >= 11 is 0. The first-order chi connectivity index (χ1) is 9.81. The highest BCUT2D eigenvalue weighted by Gasteiger charge is 2.32. The van der Waals surface area contributed by atoms with Crippen LogP contribution in [0.2, 0.25) is 0 Å². The van der Waals surface area contributed by atoms with Crippen molar-refractivity contribution in [2.75, 3.05) is 0 Å². The van der Waals surface area contributed by atoms with E-state index < -0.39 is 6.36 Å². The summed E-state index contributed by atoms with van der Waals surface area (Å²) in [7, 11) is 0. The molecule has 0 fully saturated rings. The fraction of sp³-hybridized carbons (Fsp3) is 0.250. The van der Waals surface area contributed by atoms with E-state index in [1.54, 1.807) is 24.3 Å². The molecule has 2 aromatic carbocycles. The molecule has 2 rings (SSSR count). The fourth-order valence-corrected chi connectivity index (χ4v) is 2.32. The topological polar surface area (TPSA) is 29.5 Å². The number of rotatable bonds is 3. The van der Waals surface area contributed by atoms with Crippen LogP contribution >= 0.6 is 0 Å². The maximum atomic E-state index is 12.5. The molecule has 5 heteroatoms. The molecule has 0 radical (unpaired) electrons. The number of para-hydroxylation sites is 1. The lowest BCUT2D eigenvalue weighted by Gasteiger charge is -2.15. The van der Waals surface area contributed by atoms with Crippen LogP contribution in [0.15, 0.2) is 36.4 Å². The normalized spacial score (nSPS) is 11.5.